The molecule has 0 bridgehead atoms. The maximum Gasteiger partial charge on any atom is 0.319 e. The van der Waals surface area contributed by atoms with Crippen molar-refractivity contribution in [3.8, 4) is 0 Å². The molecule has 3 rings (SSSR count). The molecule has 2 fully saturated rings. The predicted octanol–water partition coefficient (Wildman–Crippen LogP) is 3.10. The molecule has 3 N–H and O–H groups in total. The number of urea groups is 1. The van der Waals surface area contributed by atoms with Crippen LogP contribution in [0.15, 0.2) is 24.3 Å². The molecule has 0 spiro atoms. The summed E-state index contributed by atoms with van der Waals surface area (Å²) in [4.78, 5) is 26.3. The lowest BCUT2D eigenvalue weighted by Gasteiger charge is -2.33. The van der Waals surface area contributed by atoms with Gasteiger partial charge in [0.05, 0.1) is 0 Å². The Morgan fingerprint density at radius 3 is 2.31 bits per heavy atom. The maximum absolute atomic E-state index is 12.0. The largest absolute Gasteiger partial charge is 0.371 e. The number of amides is 3. The number of carbonyl (C=O) groups excluding carboxylic acids is 2. The second-order valence-electron chi connectivity index (χ2n) is 7.28. The monoisotopic (exact) mass is 358 g/mol. The second kappa shape index (κ2) is 8.92. The summed E-state index contributed by atoms with van der Waals surface area (Å²) >= 11 is 0. The van der Waals surface area contributed by atoms with Crippen LogP contribution in [0.3, 0.4) is 0 Å². The summed E-state index contributed by atoms with van der Waals surface area (Å²) < 4.78 is 0. The number of hydrogen-bond acceptors (Lipinski definition) is 3. The first-order chi connectivity index (χ1) is 12.7. The van der Waals surface area contributed by atoms with Gasteiger partial charge >= 0.3 is 6.03 Å². The number of nitrogens with one attached hydrogen (secondary N) is 3. The van der Waals surface area contributed by atoms with Crippen molar-refractivity contribution in [1.82, 2.24) is 10.6 Å². The van der Waals surface area contributed by atoms with Crippen molar-refractivity contribution in [2.24, 2.45) is 5.92 Å². The van der Waals surface area contributed by atoms with Crippen molar-refractivity contribution in [3.05, 3.63) is 24.3 Å². The van der Waals surface area contributed by atoms with Gasteiger partial charge in [0.1, 0.15) is 0 Å². The van der Waals surface area contributed by atoms with E-state index in [1.54, 1.807) is 0 Å². The average molecular weight is 358 g/mol. The van der Waals surface area contributed by atoms with E-state index in [1.165, 1.54) is 12.8 Å². The zero-order chi connectivity index (χ0) is 18.4. The third-order valence-electron chi connectivity index (χ3n) is 5.40. The number of nitrogens with zero attached hydrogens (tertiary/aromatic N) is 1. The molecule has 1 aromatic rings. The molecule has 6 heteroatoms. The molecule has 26 heavy (non-hydrogen) atoms. The molecule has 1 saturated heterocycles. The Kier molecular flexibility index (Phi) is 6.36. The van der Waals surface area contributed by atoms with Crippen LogP contribution in [0.5, 0.6) is 0 Å². The van der Waals surface area contributed by atoms with Gasteiger partial charge in [-0.05, 0) is 56.9 Å². The highest BCUT2D eigenvalue weighted by Gasteiger charge is 2.24. The van der Waals surface area contributed by atoms with Crippen LogP contribution < -0.4 is 20.9 Å². The van der Waals surface area contributed by atoms with Crippen LogP contribution in [-0.2, 0) is 4.79 Å². The molecular formula is C20H30N4O2. The summed E-state index contributed by atoms with van der Waals surface area (Å²) in [6, 6.07) is 8.17. The van der Waals surface area contributed by atoms with E-state index >= 15 is 0 Å². The number of rotatable bonds is 5. The zero-order valence-corrected chi connectivity index (χ0v) is 15.6. The van der Waals surface area contributed by atoms with Gasteiger partial charge < -0.3 is 20.9 Å². The van der Waals surface area contributed by atoms with E-state index in [-0.39, 0.29) is 17.9 Å². The molecule has 142 valence electrons. The normalized spacial score (nSPS) is 18.6. The van der Waals surface area contributed by atoms with Crippen molar-refractivity contribution in [2.45, 2.75) is 51.5 Å². The van der Waals surface area contributed by atoms with Crippen molar-refractivity contribution < 1.29 is 9.59 Å². The molecule has 0 atom stereocenters. The summed E-state index contributed by atoms with van der Waals surface area (Å²) in [6.07, 6.45) is 6.34. The van der Waals surface area contributed by atoms with Crippen LogP contribution in [0.25, 0.3) is 0 Å². The van der Waals surface area contributed by atoms with Gasteiger partial charge in [0.25, 0.3) is 0 Å². The first-order valence-electron chi connectivity index (χ1n) is 9.86. The van der Waals surface area contributed by atoms with Gasteiger partial charge in [0.15, 0.2) is 0 Å². The smallest absolute Gasteiger partial charge is 0.319 e. The standard InChI is InChI=1S/C20H30N4O2/c1-2-21-19(25)15-11-13-24(14-12-15)18-9-7-17(8-10-18)23-20(26)22-16-5-3-4-6-16/h7-10,15-16H,2-6,11-14H2,1H3,(H,21,25)(H2,22,23,26). The van der Waals surface area contributed by atoms with Crippen molar-refractivity contribution in [3.63, 3.8) is 0 Å². The minimum Gasteiger partial charge on any atom is -0.371 e. The van der Waals surface area contributed by atoms with Gasteiger partial charge in [-0.25, -0.2) is 4.79 Å². The Balaban J connectivity index is 1.47. The number of anilines is 2. The van der Waals surface area contributed by atoms with E-state index in [4.69, 9.17) is 0 Å². The fraction of sp³-hybridized carbons (Fsp3) is 0.600. The van der Waals surface area contributed by atoms with Crippen LogP contribution in [-0.4, -0.2) is 37.6 Å². The first kappa shape index (κ1) is 18.5. The molecule has 1 aliphatic heterocycles. The molecule has 3 amide bonds. The molecule has 1 saturated carbocycles. The van der Waals surface area contributed by atoms with E-state index in [0.717, 1.165) is 50.1 Å². The summed E-state index contributed by atoms with van der Waals surface area (Å²) in [7, 11) is 0. The fourth-order valence-electron chi connectivity index (χ4n) is 3.90. The molecule has 1 aromatic carbocycles. The number of piperidine rings is 1. The minimum absolute atomic E-state index is 0.118. The van der Waals surface area contributed by atoms with Crippen LogP contribution in [0, 0.1) is 5.92 Å². The number of benzene rings is 1. The Labute approximate surface area is 155 Å². The van der Waals surface area contributed by atoms with Gasteiger partial charge in [0.2, 0.25) is 5.91 Å². The van der Waals surface area contributed by atoms with Crippen molar-refractivity contribution in [1.29, 1.82) is 0 Å². The Hall–Kier alpha value is -2.24. The fourth-order valence-corrected chi connectivity index (χ4v) is 3.90. The Morgan fingerprint density at radius 1 is 1.04 bits per heavy atom. The molecule has 0 radical (unpaired) electrons. The number of hydrogen-bond donors (Lipinski definition) is 3. The predicted molar refractivity (Wildman–Crippen MR) is 104 cm³/mol. The lowest BCUT2D eigenvalue weighted by atomic mass is 9.95. The zero-order valence-electron chi connectivity index (χ0n) is 15.6. The van der Waals surface area contributed by atoms with Gasteiger partial charge in [-0.15, -0.1) is 0 Å². The third-order valence-corrected chi connectivity index (χ3v) is 5.40. The first-order valence-corrected chi connectivity index (χ1v) is 9.86. The van der Waals surface area contributed by atoms with Gasteiger partial charge in [0, 0.05) is 43.0 Å². The van der Waals surface area contributed by atoms with Crippen LogP contribution in [0.4, 0.5) is 16.2 Å². The molecule has 1 aliphatic carbocycles. The quantitative estimate of drug-likeness (QED) is 0.757. The maximum atomic E-state index is 12.0. The molecule has 1 heterocycles. The molecule has 0 unspecified atom stereocenters. The number of carbonyl (C=O) groups is 2. The molecule has 6 nitrogen and oxygen atoms in total. The topological polar surface area (TPSA) is 73.5 Å². The molecule has 2 aliphatic rings. The highest BCUT2D eigenvalue weighted by Crippen LogP contribution is 2.25. The van der Waals surface area contributed by atoms with Gasteiger partial charge in [-0.2, -0.15) is 0 Å². The minimum atomic E-state index is -0.118. The van der Waals surface area contributed by atoms with E-state index in [2.05, 4.69) is 20.9 Å². The van der Waals surface area contributed by atoms with E-state index in [0.29, 0.717) is 12.6 Å². The van der Waals surface area contributed by atoms with Crippen molar-refractivity contribution in [2.75, 3.05) is 29.9 Å². The summed E-state index contributed by atoms with van der Waals surface area (Å²) in [5.74, 6) is 0.311. The van der Waals surface area contributed by atoms with E-state index in [9.17, 15) is 9.59 Å². The Bertz CT molecular complexity index is 603. The summed E-state index contributed by atoms with van der Waals surface area (Å²) in [6.45, 7) is 4.42. The van der Waals surface area contributed by atoms with Crippen LogP contribution in [0.1, 0.15) is 45.4 Å². The van der Waals surface area contributed by atoms with Crippen LogP contribution in [0.2, 0.25) is 0 Å². The third kappa shape index (κ3) is 4.90. The van der Waals surface area contributed by atoms with E-state index < -0.39 is 0 Å². The molecule has 0 aromatic heterocycles. The molecular weight excluding hydrogens is 328 g/mol. The highest BCUT2D eigenvalue weighted by molar-refractivity contribution is 5.89. The average Bonchev–Trinajstić information content (AvgIpc) is 3.15. The SMILES string of the molecule is CCNC(=O)C1CCN(c2ccc(NC(=O)NC3CCCC3)cc2)CC1. The van der Waals surface area contributed by atoms with E-state index in [1.807, 2.05) is 31.2 Å². The summed E-state index contributed by atoms with van der Waals surface area (Å²) in [5, 5.41) is 8.86. The second-order valence-corrected chi connectivity index (χ2v) is 7.28. The highest BCUT2D eigenvalue weighted by atomic mass is 16.2. The van der Waals surface area contributed by atoms with Crippen molar-refractivity contribution >= 4 is 23.3 Å². The van der Waals surface area contributed by atoms with Gasteiger partial charge in [-0.1, -0.05) is 12.8 Å². The lowest BCUT2D eigenvalue weighted by molar-refractivity contribution is -0.125. The Morgan fingerprint density at radius 2 is 1.69 bits per heavy atom. The van der Waals surface area contributed by atoms with Gasteiger partial charge in [-0.3, -0.25) is 4.79 Å². The summed E-state index contributed by atoms with van der Waals surface area (Å²) in [5.41, 5.74) is 1.95. The lowest BCUT2D eigenvalue weighted by Crippen LogP contribution is -2.40. The van der Waals surface area contributed by atoms with Crippen LogP contribution >= 0.6 is 0 Å².